The maximum Gasteiger partial charge on any atom is 0.273 e. The quantitative estimate of drug-likeness (QED) is 0.824. The van der Waals surface area contributed by atoms with E-state index in [-0.39, 0.29) is 11.8 Å². The Morgan fingerprint density at radius 2 is 2.26 bits per heavy atom. The van der Waals surface area contributed by atoms with Crippen molar-refractivity contribution in [3.05, 3.63) is 30.0 Å². The lowest BCUT2D eigenvalue weighted by Gasteiger charge is -2.11. The molecule has 0 aliphatic carbocycles. The Hall–Kier alpha value is -2.37. The predicted octanol–water partition coefficient (Wildman–Crippen LogP) is 0.523. The monoisotopic (exact) mass is 258 g/mol. The highest BCUT2D eigenvalue weighted by molar-refractivity contribution is 6.06. The largest absolute Gasteiger partial charge is 0.344 e. The van der Waals surface area contributed by atoms with Crippen LogP contribution in [0, 0.1) is 0 Å². The van der Waals surface area contributed by atoms with E-state index >= 15 is 0 Å². The summed E-state index contributed by atoms with van der Waals surface area (Å²) in [7, 11) is 1.73. The molecule has 0 bridgehead atoms. The molecule has 6 nitrogen and oxygen atoms in total. The van der Waals surface area contributed by atoms with Crippen LogP contribution in [0.5, 0.6) is 0 Å². The van der Waals surface area contributed by atoms with Gasteiger partial charge in [0.25, 0.3) is 5.91 Å². The molecule has 0 saturated carbocycles. The zero-order valence-electron chi connectivity index (χ0n) is 10.5. The summed E-state index contributed by atoms with van der Waals surface area (Å²) in [5.41, 5.74) is 1.14. The summed E-state index contributed by atoms with van der Waals surface area (Å²) < 4.78 is 0. The first-order chi connectivity index (χ1) is 9.16. The van der Waals surface area contributed by atoms with Crippen LogP contribution in [0.3, 0.4) is 0 Å². The fraction of sp³-hybridized carbons (Fsp3) is 0.308. The van der Waals surface area contributed by atoms with Crippen LogP contribution in [0.15, 0.2) is 24.3 Å². The first kappa shape index (κ1) is 11.7. The molecular weight excluding hydrogens is 244 g/mol. The number of aromatic nitrogens is 2. The Morgan fingerprint density at radius 1 is 1.47 bits per heavy atom. The summed E-state index contributed by atoms with van der Waals surface area (Å²) in [6, 6.07) is 6.97. The molecule has 1 aliphatic rings. The number of nitrogens with one attached hydrogen (secondary N) is 2. The lowest BCUT2D eigenvalue weighted by atomic mass is 10.2. The van der Waals surface area contributed by atoms with Crippen molar-refractivity contribution in [1.29, 1.82) is 0 Å². The average molecular weight is 258 g/mol. The lowest BCUT2D eigenvalue weighted by molar-refractivity contribution is -0.128. The third-order valence-electron chi connectivity index (χ3n) is 3.42. The number of hydrogen-bond acceptors (Lipinski definition) is 3. The van der Waals surface area contributed by atoms with Crippen LogP contribution in [0.4, 0.5) is 0 Å². The molecule has 3 rings (SSSR count). The van der Waals surface area contributed by atoms with Gasteiger partial charge in [0.05, 0.1) is 5.52 Å². The van der Waals surface area contributed by atoms with Crippen molar-refractivity contribution in [2.45, 2.75) is 12.5 Å². The Bertz CT molecular complexity index is 649. The second kappa shape index (κ2) is 4.38. The molecule has 2 heterocycles. The number of aromatic amines is 1. The number of fused-ring (bicyclic) bond motifs is 1. The van der Waals surface area contributed by atoms with Crippen molar-refractivity contribution in [1.82, 2.24) is 20.4 Å². The Labute approximate surface area is 109 Å². The normalized spacial score (nSPS) is 19.1. The molecule has 0 spiro atoms. The highest BCUT2D eigenvalue weighted by Gasteiger charge is 2.31. The van der Waals surface area contributed by atoms with Gasteiger partial charge in [-0.05, 0) is 12.5 Å². The van der Waals surface area contributed by atoms with Crippen molar-refractivity contribution in [3.63, 3.8) is 0 Å². The van der Waals surface area contributed by atoms with E-state index in [0.717, 1.165) is 10.9 Å². The molecule has 6 heteroatoms. The Kier molecular flexibility index (Phi) is 2.70. The molecule has 1 fully saturated rings. The van der Waals surface area contributed by atoms with E-state index in [1.165, 1.54) is 0 Å². The molecule has 2 N–H and O–H groups in total. The van der Waals surface area contributed by atoms with Crippen LogP contribution >= 0.6 is 0 Å². The number of hydrogen-bond donors (Lipinski definition) is 2. The highest BCUT2D eigenvalue weighted by atomic mass is 16.2. The third-order valence-corrected chi connectivity index (χ3v) is 3.42. The molecule has 0 radical (unpaired) electrons. The van der Waals surface area contributed by atoms with E-state index in [1.54, 1.807) is 11.9 Å². The van der Waals surface area contributed by atoms with Crippen LogP contribution in [0.1, 0.15) is 16.9 Å². The first-order valence-electron chi connectivity index (χ1n) is 6.16. The minimum atomic E-state index is -0.437. The molecule has 1 atom stereocenters. The molecule has 1 unspecified atom stereocenters. The van der Waals surface area contributed by atoms with Crippen molar-refractivity contribution < 1.29 is 9.59 Å². The molecule has 2 aromatic rings. The number of H-pyrrole nitrogens is 1. The van der Waals surface area contributed by atoms with Gasteiger partial charge in [-0.2, -0.15) is 5.10 Å². The lowest BCUT2D eigenvalue weighted by Crippen LogP contribution is -2.40. The van der Waals surface area contributed by atoms with Gasteiger partial charge >= 0.3 is 0 Å². The number of amides is 2. The van der Waals surface area contributed by atoms with Gasteiger partial charge in [0.15, 0.2) is 5.69 Å². The average Bonchev–Trinajstić information content (AvgIpc) is 2.97. The summed E-state index contributed by atoms with van der Waals surface area (Å²) in [4.78, 5) is 25.5. The van der Waals surface area contributed by atoms with E-state index in [0.29, 0.717) is 18.7 Å². The van der Waals surface area contributed by atoms with Crippen LogP contribution in [-0.2, 0) is 4.79 Å². The number of benzene rings is 1. The molecule has 19 heavy (non-hydrogen) atoms. The maximum atomic E-state index is 12.2. The minimum absolute atomic E-state index is 0.0480. The molecule has 98 valence electrons. The number of carbonyl (C=O) groups is 2. The molecule has 1 saturated heterocycles. The van der Waals surface area contributed by atoms with Crippen molar-refractivity contribution >= 4 is 22.7 Å². The number of likely N-dealkylation sites (tertiary alicyclic amines) is 1. The van der Waals surface area contributed by atoms with Gasteiger partial charge < -0.3 is 10.2 Å². The van der Waals surface area contributed by atoms with Gasteiger partial charge in [-0.1, -0.05) is 18.2 Å². The topological polar surface area (TPSA) is 78.1 Å². The second-order valence-electron chi connectivity index (χ2n) is 4.69. The third kappa shape index (κ3) is 1.95. The molecule has 1 aliphatic heterocycles. The zero-order chi connectivity index (χ0) is 13.4. The number of carbonyl (C=O) groups excluding carboxylic acids is 2. The SMILES string of the molecule is CN1CCC(NC(=O)c2n[nH]c3ccccc23)C1=O. The van der Waals surface area contributed by atoms with Crippen LogP contribution < -0.4 is 5.32 Å². The van der Waals surface area contributed by atoms with Gasteiger partial charge in [-0.25, -0.2) is 0 Å². The zero-order valence-corrected chi connectivity index (χ0v) is 10.5. The van der Waals surface area contributed by atoms with Gasteiger partial charge in [0.2, 0.25) is 5.91 Å². The Balaban J connectivity index is 1.83. The number of rotatable bonds is 2. The summed E-state index contributed by atoms with van der Waals surface area (Å²) in [6.07, 6.45) is 0.642. The molecule has 1 aromatic heterocycles. The predicted molar refractivity (Wildman–Crippen MR) is 69.6 cm³/mol. The summed E-state index contributed by atoms with van der Waals surface area (Å²) in [5.74, 6) is -0.362. The van der Waals surface area contributed by atoms with Crippen molar-refractivity contribution in [2.24, 2.45) is 0 Å². The van der Waals surface area contributed by atoms with E-state index in [2.05, 4.69) is 15.5 Å². The van der Waals surface area contributed by atoms with Crippen LogP contribution in [0.25, 0.3) is 10.9 Å². The summed E-state index contributed by atoms with van der Waals surface area (Å²) in [5, 5.41) is 10.3. The molecule has 2 amide bonds. The summed E-state index contributed by atoms with van der Waals surface area (Å²) >= 11 is 0. The van der Waals surface area contributed by atoms with Gasteiger partial charge in [0.1, 0.15) is 6.04 Å². The van der Waals surface area contributed by atoms with Gasteiger partial charge in [-0.3, -0.25) is 14.7 Å². The van der Waals surface area contributed by atoms with Gasteiger partial charge in [-0.15, -0.1) is 0 Å². The minimum Gasteiger partial charge on any atom is -0.344 e. The first-order valence-corrected chi connectivity index (χ1v) is 6.16. The smallest absolute Gasteiger partial charge is 0.273 e. The molecular formula is C13H14N4O2. The number of para-hydroxylation sites is 1. The van der Waals surface area contributed by atoms with E-state index in [9.17, 15) is 9.59 Å². The Morgan fingerprint density at radius 3 is 3.00 bits per heavy atom. The van der Waals surface area contributed by atoms with E-state index in [4.69, 9.17) is 0 Å². The molecule has 1 aromatic carbocycles. The summed E-state index contributed by atoms with van der Waals surface area (Å²) in [6.45, 7) is 0.672. The number of nitrogens with zero attached hydrogens (tertiary/aromatic N) is 2. The fourth-order valence-electron chi connectivity index (χ4n) is 2.32. The second-order valence-corrected chi connectivity index (χ2v) is 4.69. The fourth-order valence-corrected chi connectivity index (χ4v) is 2.32. The van der Waals surface area contributed by atoms with E-state index < -0.39 is 6.04 Å². The number of likely N-dealkylation sites (N-methyl/N-ethyl adjacent to an activating group) is 1. The van der Waals surface area contributed by atoms with Gasteiger partial charge in [0, 0.05) is 19.0 Å². The van der Waals surface area contributed by atoms with Crippen molar-refractivity contribution in [3.8, 4) is 0 Å². The standard InChI is InChI=1S/C13H14N4O2/c1-17-7-6-10(13(17)19)14-12(18)11-8-4-2-3-5-9(8)15-16-11/h2-5,10H,6-7H2,1H3,(H,14,18)(H,15,16). The maximum absolute atomic E-state index is 12.2. The van der Waals surface area contributed by atoms with Crippen LogP contribution in [0.2, 0.25) is 0 Å². The van der Waals surface area contributed by atoms with Crippen molar-refractivity contribution in [2.75, 3.05) is 13.6 Å². The van der Waals surface area contributed by atoms with E-state index in [1.807, 2.05) is 24.3 Å². The highest BCUT2D eigenvalue weighted by Crippen LogP contribution is 2.16. The van der Waals surface area contributed by atoms with Crippen LogP contribution in [-0.4, -0.2) is 46.5 Å².